The zero-order valence-electron chi connectivity index (χ0n) is 12.6. The van der Waals surface area contributed by atoms with Crippen LogP contribution in [-0.4, -0.2) is 22.2 Å². The van der Waals surface area contributed by atoms with Crippen LogP contribution >= 0.6 is 0 Å². The minimum atomic E-state index is -0.404. The molecule has 21 heavy (non-hydrogen) atoms. The van der Waals surface area contributed by atoms with Crippen LogP contribution in [-0.2, 0) is 6.54 Å². The summed E-state index contributed by atoms with van der Waals surface area (Å²) in [5, 5.41) is 7.23. The second-order valence-corrected chi connectivity index (χ2v) is 5.43. The third-order valence-corrected chi connectivity index (χ3v) is 3.29. The van der Waals surface area contributed by atoms with Crippen LogP contribution in [0.3, 0.4) is 0 Å². The predicted octanol–water partition coefficient (Wildman–Crippen LogP) is 2.71. The quantitative estimate of drug-likeness (QED) is 0.920. The number of benzene rings is 1. The fraction of sp³-hybridized carbons (Fsp3) is 0.375. The number of hydrogen-bond acceptors (Lipinski definition) is 2. The van der Waals surface area contributed by atoms with Gasteiger partial charge >= 0.3 is 0 Å². The van der Waals surface area contributed by atoms with Crippen molar-refractivity contribution in [3.05, 3.63) is 53.1 Å². The van der Waals surface area contributed by atoms with Crippen molar-refractivity contribution in [2.75, 3.05) is 6.54 Å². The number of nitrogens with zero attached hydrogens (tertiary/aromatic N) is 2. The number of carbonyl (C=O) groups is 1. The zero-order chi connectivity index (χ0) is 15.4. The summed E-state index contributed by atoms with van der Waals surface area (Å²) in [5.74, 6) is -0.423. The average Bonchev–Trinajstić information content (AvgIpc) is 2.74. The van der Waals surface area contributed by atoms with Gasteiger partial charge in [-0.1, -0.05) is 13.0 Å². The summed E-state index contributed by atoms with van der Waals surface area (Å²) >= 11 is 0. The molecular weight excluding hydrogens is 269 g/mol. The van der Waals surface area contributed by atoms with E-state index in [1.54, 1.807) is 6.07 Å². The van der Waals surface area contributed by atoms with E-state index in [1.165, 1.54) is 18.2 Å². The van der Waals surface area contributed by atoms with E-state index in [1.807, 2.05) is 31.5 Å². The minimum Gasteiger partial charge on any atom is -0.352 e. The Hall–Kier alpha value is -2.17. The smallest absolute Gasteiger partial charge is 0.251 e. The third kappa shape index (κ3) is 4.15. The molecule has 1 aromatic heterocycles. The van der Waals surface area contributed by atoms with E-state index in [9.17, 15) is 9.18 Å². The van der Waals surface area contributed by atoms with Crippen LogP contribution in [0.15, 0.2) is 30.3 Å². The van der Waals surface area contributed by atoms with Crippen molar-refractivity contribution in [3.8, 4) is 0 Å². The molecule has 1 aromatic carbocycles. The number of halogens is 1. The molecule has 0 aliphatic carbocycles. The maximum absolute atomic E-state index is 13.1. The molecule has 2 rings (SSSR count). The Kier molecular flexibility index (Phi) is 4.73. The third-order valence-electron chi connectivity index (χ3n) is 3.29. The van der Waals surface area contributed by atoms with Crippen LogP contribution in [0.25, 0.3) is 0 Å². The van der Waals surface area contributed by atoms with Crippen LogP contribution in [0, 0.1) is 25.6 Å². The first-order chi connectivity index (χ1) is 9.95. The molecular formula is C16H20FN3O. The highest BCUT2D eigenvalue weighted by Gasteiger charge is 2.10. The molecule has 2 aromatic rings. The molecule has 1 heterocycles. The van der Waals surface area contributed by atoms with E-state index in [2.05, 4.69) is 10.4 Å². The van der Waals surface area contributed by atoms with Crippen LogP contribution in [0.2, 0.25) is 0 Å². The molecule has 112 valence electrons. The van der Waals surface area contributed by atoms with Gasteiger partial charge in [-0.25, -0.2) is 4.39 Å². The molecule has 0 saturated carbocycles. The van der Waals surface area contributed by atoms with Gasteiger partial charge in [-0.15, -0.1) is 0 Å². The van der Waals surface area contributed by atoms with E-state index < -0.39 is 5.82 Å². The molecule has 5 heteroatoms. The van der Waals surface area contributed by atoms with Crippen LogP contribution in [0.5, 0.6) is 0 Å². The molecule has 0 saturated heterocycles. The predicted molar refractivity (Wildman–Crippen MR) is 79.6 cm³/mol. The molecule has 0 aliphatic heterocycles. The maximum Gasteiger partial charge on any atom is 0.251 e. The molecule has 4 nitrogen and oxygen atoms in total. The number of aryl methyl sites for hydroxylation is 2. The number of rotatable bonds is 5. The highest BCUT2D eigenvalue weighted by molar-refractivity contribution is 5.94. The minimum absolute atomic E-state index is 0.237. The molecule has 1 atom stereocenters. The van der Waals surface area contributed by atoms with E-state index in [-0.39, 0.29) is 11.8 Å². The Morgan fingerprint density at radius 3 is 2.76 bits per heavy atom. The first-order valence-electron chi connectivity index (χ1n) is 7.00. The first kappa shape index (κ1) is 15.2. The van der Waals surface area contributed by atoms with Crippen molar-refractivity contribution >= 4 is 5.91 Å². The van der Waals surface area contributed by atoms with Gasteiger partial charge in [-0.05, 0) is 44.0 Å². The molecule has 1 amide bonds. The van der Waals surface area contributed by atoms with Gasteiger partial charge in [0.1, 0.15) is 5.82 Å². The standard InChI is InChI=1S/C16H20FN3O/c1-11(10-20-13(3)7-12(2)19-20)9-18-16(21)14-5-4-6-15(17)8-14/h4-8,11H,9-10H2,1-3H3,(H,18,21)/t11-/m1/s1. The van der Waals surface area contributed by atoms with Crippen molar-refractivity contribution < 1.29 is 9.18 Å². The number of hydrogen-bond donors (Lipinski definition) is 1. The SMILES string of the molecule is Cc1cc(C)n(C[C@H](C)CNC(=O)c2cccc(F)c2)n1. The van der Waals surface area contributed by atoms with Gasteiger partial charge in [0.15, 0.2) is 0 Å². The maximum atomic E-state index is 13.1. The zero-order valence-corrected chi connectivity index (χ0v) is 12.6. The molecule has 0 aliphatic rings. The summed E-state index contributed by atoms with van der Waals surface area (Å²) in [6, 6.07) is 7.72. The molecule has 0 fully saturated rings. The Morgan fingerprint density at radius 2 is 2.14 bits per heavy atom. The Balaban J connectivity index is 1.88. The number of carbonyl (C=O) groups excluding carboxylic acids is 1. The van der Waals surface area contributed by atoms with Gasteiger partial charge < -0.3 is 5.32 Å². The lowest BCUT2D eigenvalue weighted by Gasteiger charge is -2.14. The van der Waals surface area contributed by atoms with Crippen LogP contribution in [0.1, 0.15) is 28.7 Å². The normalized spacial score (nSPS) is 12.2. The highest BCUT2D eigenvalue weighted by Crippen LogP contribution is 2.07. The first-order valence-corrected chi connectivity index (χ1v) is 7.00. The van der Waals surface area contributed by atoms with Gasteiger partial charge in [-0.2, -0.15) is 5.10 Å². The van der Waals surface area contributed by atoms with Gasteiger partial charge in [0.05, 0.1) is 5.69 Å². The van der Waals surface area contributed by atoms with Gasteiger partial charge in [0.25, 0.3) is 5.91 Å². The Morgan fingerprint density at radius 1 is 1.38 bits per heavy atom. The summed E-state index contributed by atoms with van der Waals surface area (Å²) < 4.78 is 15.0. The second-order valence-electron chi connectivity index (χ2n) is 5.43. The van der Waals surface area contributed by atoms with Crippen LogP contribution in [0.4, 0.5) is 4.39 Å². The van der Waals surface area contributed by atoms with Crippen molar-refractivity contribution in [3.63, 3.8) is 0 Å². The summed E-state index contributed by atoms with van der Waals surface area (Å²) in [4.78, 5) is 11.9. The largest absolute Gasteiger partial charge is 0.352 e. The van der Waals surface area contributed by atoms with Gasteiger partial charge in [-0.3, -0.25) is 9.48 Å². The summed E-state index contributed by atoms with van der Waals surface area (Å²) in [5.41, 5.74) is 2.44. The van der Waals surface area contributed by atoms with E-state index in [4.69, 9.17) is 0 Å². The average molecular weight is 289 g/mol. The fourth-order valence-electron chi connectivity index (χ4n) is 2.22. The van der Waals surface area contributed by atoms with E-state index in [0.29, 0.717) is 12.1 Å². The highest BCUT2D eigenvalue weighted by atomic mass is 19.1. The molecule has 0 spiro atoms. The lowest BCUT2D eigenvalue weighted by Crippen LogP contribution is -2.30. The van der Waals surface area contributed by atoms with E-state index in [0.717, 1.165) is 17.9 Å². The monoisotopic (exact) mass is 289 g/mol. The lowest BCUT2D eigenvalue weighted by molar-refractivity contribution is 0.0946. The summed E-state index contributed by atoms with van der Waals surface area (Å²) in [6.45, 7) is 7.27. The summed E-state index contributed by atoms with van der Waals surface area (Å²) in [7, 11) is 0. The Labute approximate surface area is 124 Å². The number of nitrogens with one attached hydrogen (secondary N) is 1. The van der Waals surface area contributed by atoms with Crippen molar-refractivity contribution in [2.45, 2.75) is 27.3 Å². The van der Waals surface area contributed by atoms with Crippen molar-refractivity contribution in [1.29, 1.82) is 0 Å². The van der Waals surface area contributed by atoms with Crippen molar-refractivity contribution in [2.24, 2.45) is 5.92 Å². The topological polar surface area (TPSA) is 46.9 Å². The molecule has 0 unspecified atom stereocenters. The van der Waals surface area contributed by atoms with Gasteiger partial charge in [0.2, 0.25) is 0 Å². The van der Waals surface area contributed by atoms with Crippen molar-refractivity contribution in [1.82, 2.24) is 15.1 Å². The Bertz CT molecular complexity index is 636. The van der Waals surface area contributed by atoms with E-state index >= 15 is 0 Å². The molecule has 0 bridgehead atoms. The molecule has 0 radical (unpaired) electrons. The molecule has 1 N–H and O–H groups in total. The van der Waals surface area contributed by atoms with Crippen LogP contribution < -0.4 is 5.32 Å². The lowest BCUT2D eigenvalue weighted by atomic mass is 10.1. The van der Waals surface area contributed by atoms with Gasteiger partial charge in [0, 0.05) is 24.3 Å². The fourth-order valence-corrected chi connectivity index (χ4v) is 2.22. The summed E-state index contributed by atoms with van der Waals surface area (Å²) in [6.07, 6.45) is 0. The number of aromatic nitrogens is 2. The second kappa shape index (κ2) is 6.52. The number of amides is 1.